The molecule has 0 aromatic carbocycles. The van der Waals surface area contributed by atoms with Gasteiger partial charge in [-0.05, 0) is 44.4 Å². The summed E-state index contributed by atoms with van der Waals surface area (Å²) >= 11 is 7.18. The van der Waals surface area contributed by atoms with Gasteiger partial charge in [-0.15, -0.1) is 11.3 Å². The number of rotatable bonds is 5. The fourth-order valence-electron chi connectivity index (χ4n) is 2.47. The lowest BCUT2D eigenvalue weighted by molar-refractivity contribution is 0.266. The molecule has 1 fully saturated rings. The van der Waals surface area contributed by atoms with Crippen molar-refractivity contribution < 1.29 is 8.42 Å². The van der Waals surface area contributed by atoms with E-state index in [2.05, 4.69) is 5.32 Å². The van der Waals surface area contributed by atoms with Crippen LogP contribution in [0, 0.1) is 6.92 Å². The van der Waals surface area contributed by atoms with Crippen LogP contribution in [0.4, 0.5) is 0 Å². The van der Waals surface area contributed by atoms with E-state index in [-0.39, 0.29) is 6.04 Å². The highest BCUT2D eigenvalue weighted by Gasteiger charge is 2.33. The van der Waals surface area contributed by atoms with Gasteiger partial charge in [0.1, 0.15) is 4.21 Å². The lowest BCUT2D eigenvalue weighted by atomic mass is 10.1. The molecule has 0 saturated carbocycles. The molecule has 1 aromatic heterocycles. The quantitative estimate of drug-likeness (QED) is 0.899. The summed E-state index contributed by atoms with van der Waals surface area (Å²) < 4.78 is 28.2. The van der Waals surface area contributed by atoms with Crippen molar-refractivity contribution in [2.45, 2.75) is 43.4 Å². The molecule has 114 valence electrons. The van der Waals surface area contributed by atoms with E-state index < -0.39 is 10.0 Å². The maximum atomic E-state index is 12.8. The Labute approximate surface area is 130 Å². The van der Waals surface area contributed by atoms with Crippen molar-refractivity contribution in [3.63, 3.8) is 0 Å². The molecule has 0 spiro atoms. The minimum atomic E-state index is -3.44. The fourth-order valence-corrected chi connectivity index (χ4v) is 6.06. The van der Waals surface area contributed by atoms with Gasteiger partial charge in [-0.25, -0.2) is 8.42 Å². The summed E-state index contributed by atoms with van der Waals surface area (Å²) in [5.74, 6) is 0. The number of nitrogens with one attached hydrogen (secondary N) is 1. The third kappa shape index (κ3) is 3.36. The minimum absolute atomic E-state index is 0.0508. The number of hydrogen-bond acceptors (Lipinski definition) is 4. The number of thiophene rings is 1. The first-order chi connectivity index (χ1) is 9.46. The zero-order valence-electron chi connectivity index (χ0n) is 11.9. The first-order valence-electron chi connectivity index (χ1n) is 6.95. The smallest absolute Gasteiger partial charge is 0.252 e. The van der Waals surface area contributed by atoms with Crippen LogP contribution in [0.25, 0.3) is 0 Å². The lowest BCUT2D eigenvalue weighted by Crippen LogP contribution is -2.48. The Morgan fingerprint density at radius 1 is 1.55 bits per heavy atom. The second kappa shape index (κ2) is 6.75. The van der Waals surface area contributed by atoms with Crippen LogP contribution in [0.15, 0.2) is 10.3 Å². The summed E-state index contributed by atoms with van der Waals surface area (Å²) in [4.78, 5) is 0. The molecule has 20 heavy (non-hydrogen) atoms. The van der Waals surface area contributed by atoms with Crippen LogP contribution in [-0.4, -0.2) is 38.4 Å². The van der Waals surface area contributed by atoms with E-state index >= 15 is 0 Å². The molecule has 1 aromatic rings. The van der Waals surface area contributed by atoms with E-state index in [1.54, 1.807) is 10.4 Å². The summed E-state index contributed by atoms with van der Waals surface area (Å²) in [5.41, 5.74) is 0.827. The van der Waals surface area contributed by atoms with Crippen molar-refractivity contribution in [3.05, 3.63) is 16.0 Å². The minimum Gasteiger partial charge on any atom is -0.315 e. The highest BCUT2D eigenvalue weighted by Crippen LogP contribution is 2.33. The molecule has 1 unspecified atom stereocenters. The monoisotopic (exact) mass is 336 g/mol. The van der Waals surface area contributed by atoms with Crippen LogP contribution < -0.4 is 5.32 Å². The number of sulfonamides is 1. The van der Waals surface area contributed by atoms with Crippen molar-refractivity contribution in [1.82, 2.24) is 9.62 Å². The Balaban J connectivity index is 2.31. The van der Waals surface area contributed by atoms with Gasteiger partial charge in [0, 0.05) is 19.1 Å². The topological polar surface area (TPSA) is 49.4 Å². The molecular weight excluding hydrogens is 316 g/mol. The van der Waals surface area contributed by atoms with E-state index in [1.807, 2.05) is 13.8 Å². The Bertz CT molecular complexity index is 531. The molecule has 1 atom stereocenters. The molecule has 0 bridgehead atoms. The number of nitrogens with zero attached hydrogens (tertiary/aromatic N) is 1. The van der Waals surface area contributed by atoms with Gasteiger partial charge in [0.05, 0.1) is 4.34 Å². The normalized spacial score (nSPS) is 20.5. The molecule has 4 nitrogen and oxygen atoms in total. The van der Waals surface area contributed by atoms with Crippen molar-refractivity contribution in [3.8, 4) is 0 Å². The molecule has 1 N–H and O–H groups in total. The van der Waals surface area contributed by atoms with Gasteiger partial charge in [0.15, 0.2) is 0 Å². The van der Waals surface area contributed by atoms with Crippen LogP contribution in [0.1, 0.15) is 31.7 Å². The summed E-state index contributed by atoms with van der Waals surface area (Å²) in [7, 11) is -3.44. The Kier molecular flexibility index (Phi) is 5.48. The van der Waals surface area contributed by atoms with Gasteiger partial charge in [-0.2, -0.15) is 4.31 Å². The summed E-state index contributed by atoms with van der Waals surface area (Å²) in [5, 5.41) is 3.29. The second-order valence-corrected chi connectivity index (χ2v) is 8.91. The second-order valence-electron chi connectivity index (χ2n) is 5.14. The van der Waals surface area contributed by atoms with E-state index in [9.17, 15) is 8.42 Å². The highest BCUT2D eigenvalue weighted by atomic mass is 35.5. The van der Waals surface area contributed by atoms with Crippen molar-refractivity contribution in [2.24, 2.45) is 0 Å². The summed E-state index contributed by atoms with van der Waals surface area (Å²) in [6.07, 6.45) is 2.75. The van der Waals surface area contributed by atoms with Gasteiger partial charge in [-0.3, -0.25) is 0 Å². The molecule has 0 amide bonds. The van der Waals surface area contributed by atoms with Crippen LogP contribution in [0.5, 0.6) is 0 Å². The fraction of sp³-hybridized carbons (Fsp3) is 0.692. The van der Waals surface area contributed by atoms with Crippen molar-refractivity contribution >= 4 is 33.0 Å². The molecule has 1 saturated heterocycles. The molecule has 2 heterocycles. The van der Waals surface area contributed by atoms with E-state index in [0.29, 0.717) is 15.1 Å². The zero-order chi connectivity index (χ0) is 14.8. The van der Waals surface area contributed by atoms with Crippen LogP contribution in [-0.2, 0) is 10.0 Å². The molecule has 2 rings (SSSR count). The number of aryl methyl sites for hydroxylation is 1. The largest absolute Gasteiger partial charge is 0.315 e. The Hall–Kier alpha value is -0.140. The predicted molar refractivity (Wildman–Crippen MR) is 84.1 cm³/mol. The molecular formula is C13H21ClN2O2S2. The highest BCUT2D eigenvalue weighted by molar-refractivity contribution is 7.91. The summed E-state index contributed by atoms with van der Waals surface area (Å²) in [6, 6.07) is 1.73. The predicted octanol–water partition coefficient (Wildman–Crippen LogP) is 2.86. The maximum Gasteiger partial charge on any atom is 0.252 e. The lowest BCUT2D eigenvalue weighted by Gasteiger charge is -2.33. The van der Waals surface area contributed by atoms with E-state index in [1.165, 1.54) is 0 Å². The first kappa shape index (κ1) is 16.2. The van der Waals surface area contributed by atoms with Gasteiger partial charge >= 0.3 is 0 Å². The number of piperidine rings is 1. The average molecular weight is 337 g/mol. The summed E-state index contributed by atoms with van der Waals surface area (Å²) in [6.45, 7) is 6.11. The standard InChI is InChI=1S/C13H21ClN2O2S2/c1-3-7-16(11-5-4-6-15-9-11)20(17,18)12-8-10(2)13(14)19-12/h8,11,15H,3-7,9H2,1-2H3. The molecule has 0 radical (unpaired) electrons. The number of halogens is 1. The van der Waals surface area contributed by atoms with Crippen LogP contribution >= 0.6 is 22.9 Å². The molecule has 7 heteroatoms. The molecule has 0 aliphatic carbocycles. The molecule has 1 aliphatic heterocycles. The van der Waals surface area contributed by atoms with Crippen LogP contribution in [0.2, 0.25) is 4.34 Å². The Morgan fingerprint density at radius 2 is 2.30 bits per heavy atom. The van der Waals surface area contributed by atoms with E-state index in [4.69, 9.17) is 11.6 Å². The van der Waals surface area contributed by atoms with Gasteiger partial charge in [0.25, 0.3) is 10.0 Å². The molecule has 1 aliphatic rings. The third-order valence-electron chi connectivity index (χ3n) is 3.52. The van der Waals surface area contributed by atoms with E-state index in [0.717, 1.165) is 49.3 Å². The van der Waals surface area contributed by atoms with Crippen molar-refractivity contribution in [1.29, 1.82) is 0 Å². The SMILES string of the molecule is CCCN(C1CCCNC1)S(=O)(=O)c1cc(C)c(Cl)s1. The van der Waals surface area contributed by atoms with Crippen LogP contribution in [0.3, 0.4) is 0 Å². The van der Waals surface area contributed by atoms with Gasteiger partial charge in [-0.1, -0.05) is 18.5 Å². The average Bonchev–Trinajstić information content (AvgIpc) is 2.77. The zero-order valence-corrected chi connectivity index (χ0v) is 14.2. The van der Waals surface area contributed by atoms with Crippen molar-refractivity contribution in [2.75, 3.05) is 19.6 Å². The van der Waals surface area contributed by atoms with Gasteiger partial charge < -0.3 is 5.32 Å². The van der Waals surface area contributed by atoms with Gasteiger partial charge in [0.2, 0.25) is 0 Å². The Morgan fingerprint density at radius 3 is 2.80 bits per heavy atom. The third-order valence-corrected chi connectivity index (χ3v) is 7.48. The first-order valence-corrected chi connectivity index (χ1v) is 9.58. The number of hydrogen-bond donors (Lipinski definition) is 1. The maximum absolute atomic E-state index is 12.8.